The average Bonchev–Trinajstić information content (AvgIpc) is 3.02. The van der Waals surface area contributed by atoms with Crippen LogP contribution in [0.15, 0.2) is 54.9 Å². The molecule has 3 aromatic rings. The van der Waals surface area contributed by atoms with Gasteiger partial charge >= 0.3 is 0 Å². The smallest absolute Gasteiger partial charge is 0.249 e. The van der Waals surface area contributed by atoms with E-state index in [-0.39, 0.29) is 17.8 Å². The van der Waals surface area contributed by atoms with E-state index >= 15 is 0 Å². The lowest BCUT2D eigenvalue weighted by Crippen LogP contribution is -2.40. The number of hydrogen-bond donors (Lipinski definition) is 0. The van der Waals surface area contributed by atoms with Crippen molar-refractivity contribution in [1.29, 1.82) is 0 Å². The van der Waals surface area contributed by atoms with Gasteiger partial charge in [0.1, 0.15) is 24.0 Å². The minimum absolute atomic E-state index is 0.115. The van der Waals surface area contributed by atoms with Crippen molar-refractivity contribution >= 4 is 28.3 Å². The quantitative estimate of drug-likeness (QED) is 0.738. The molecular formula is C19H17FN4O. The minimum Gasteiger partial charge on any atom is -0.347 e. The van der Waals surface area contributed by atoms with Gasteiger partial charge in [0.25, 0.3) is 0 Å². The van der Waals surface area contributed by atoms with Crippen molar-refractivity contribution in [2.24, 2.45) is 0 Å². The predicted molar refractivity (Wildman–Crippen MR) is 95.1 cm³/mol. The first-order valence-corrected chi connectivity index (χ1v) is 8.15. The Kier molecular flexibility index (Phi) is 3.80. The van der Waals surface area contributed by atoms with E-state index in [1.165, 1.54) is 17.3 Å². The summed E-state index contributed by atoms with van der Waals surface area (Å²) in [5.74, 6) is 0.210. The van der Waals surface area contributed by atoms with Crippen LogP contribution in [-0.4, -0.2) is 35.5 Å². The van der Waals surface area contributed by atoms with E-state index in [4.69, 9.17) is 0 Å². The van der Waals surface area contributed by atoms with Gasteiger partial charge in [0, 0.05) is 19.0 Å². The molecule has 2 aromatic carbocycles. The number of likely N-dealkylation sites (N-methyl/N-ethyl adjacent to an activating group) is 1. The average molecular weight is 336 g/mol. The number of rotatable bonds is 3. The molecular weight excluding hydrogens is 319 g/mol. The molecule has 126 valence electrons. The van der Waals surface area contributed by atoms with Gasteiger partial charge in [-0.05, 0) is 30.7 Å². The summed E-state index contributed by atoms with van der Waals surface area (Å²) in [5.41, 5.74) is 1.16. The van der Waals surface area contributed by atoms with E-state index in [9.17, 15) is 9.18 Å². The van der Waals surface area contributed by atoms with Crippen molar-refractivity contribution in [3.8, 4) is 0 Å². The Bertz CT molecular complexity index is 940. The number of nitrogens with zero attached hydrogens (tertiary/aromatic N) is 4. The number of halogens is 1. The van der Waals surface area contributed by atoms with Gasteiger partial charge in [-0.15, -0.1) is 0 Å². The first kappa shape index (κ1) is 15.5. The second-order valence-corrected chi connectivity index (χ2v) is 6.07. The van der Waals surface area contributed by atoms with Crippen molar-refractivity contribution in [2.45, 2.75) is 12.5 Å². The predicted octanol–water partition coefficient (Wildman–Crippen LogP) is 3.01. The Morgan fingerprint density at radius 3 is 2.72 bits per heavy atom. The lowest BCUT2D eigenvalue weighted by molar-refractivity contribution is -0.118. The summed E-state index contributed by atoms with van der Waals surface area (Å²) in [6.07, 6.45) is 2.12. The van der Waals surface area contributed by atoms with E-state index in [0.717, 1.165) is 10.9 Å². The zero-order chi connectivity index (χ0) is 17.4. The Hall–Kier alpha value is -3.02. The molecule has 1 aliphatic rings. The maximum Gasteiger partial charge on any atom is 0.249 e. The van der Waals surface area contributed by atoms with Crippen LogP contribution >= 0.6 is 0 Å². The van der Waals surface area contributed by atoms with Crippen LogP contribution in [0.3, 0.4) is 0 Å². The third-order valence-electron chi connectivity index (χ3n) is 4.64. The van der Waals surface area contributed by atoms with Gasteiger partial charge in [0.2, 0.25) is 5.91 Å². The standard InChI is InChI=1S/C19H17FN4O/c1-23(18-13-6-2-4-8-15(13)21-12-22-18)17-10-11-24(19(17)25)16-9-5-3-7-14(16)20/h2-9,12,17H,10-11H2,1H3. The molecule has 1 saturated heterocycles. The topological polar surface area (TPSA) is 49.3 Å². The fraction of sp³-hybridized carbons (Fsp3) is 0.211. The number of fused-ring (bicyclic) bond motifs is 1. The van der Waals surface area contributed by atoms with Gasteiger partial charge in [0.15, 0.2) is 0 Å². The fourth-order valence-electron chi connectivity index (χ4n) is 3.35. The molecule has 1 aliphatic heterocycles. The highest BCUT2D eigenvalue weighted by Gasteiger charge is 2.37. The Balaban J connectivity index is 1.66. The Morgan fingerprint density at radius 1 is 1.12 bits per heavy atom. The van der Waals surface area contributed by atoms with Gasteiger partial charge in [-0.2, -0.15) is 0 Å². The molecule has 2 heterocycles. The molecule has 0 N–H and O–H groups in total. The Labute approximate surface area is 144 Å². The summed E-state index contributed by atoms with van der Waals surface area (Å²) < 4.78 is 14.0. The zero-order valence-corrected chi connectivity index (χ0v) is 13.8. The van der Waals surface area contributed by atoms with Crippen LogP contribution in [0.1, 0.15) is 6.42 Å². The zero-order valence-electron chi connectivity index (χ0n) is 13.8. The number of anilines is 2. The van der Waals surface area contributed by atoms with Crippen LogP contribution in [0.2, 0.25) is 0 Å². The normalized spacial score (nSPS) is 17.3. The molecule has 0 saturated carbocycles. The Morgan fingerprint density at radius 2 is 1.88 bits per heavy atom. The van der Waals surface area contributed by atoms with Gasteiger partial charge in [-0.25, -0.2) is 14.4 Å². The van der Waals surface area contributed by atoms with Crippen LogP contribution in [0.4, 0.5) is 15.9 Å². The van der Waals surface area contributed by atoms with Crippen molar-refractivity contribution < 1.29 is 9.18 Å². The monoisotopic (exact) mass is 336 g/mol. The minimum atomic E-state index is -0.383. The summed E-state index contributed by atoms with van der Waals surface area (Å²) in [6.45, 7) is 0.484. The number of hydrogen-bond acceptors (Lipinski definition) is 4. The van der Waals surface area contributed by atoms with Gasteiger partial charge in [-0.1, -0.05) is 24.3 Å². The van der Waals surface area contributed by atoms with Crippen LogP contribution in [0.5, 0.6) is 0 Å². The maximum atomic E-state index is 14.0. The number of amides is 1. The first-order valence-electron chi connectivity index (χ1n) is 8.15. The summed E-state index contributed by atoms with van der Waals surface area (Å²) >= 11 is 0. The highest BCUT2D eigenvalue weighted by Crippen LogP contribution is 2.30. The molecule has 1 fully saturated rings. The fourth-order valence-corrected chi connectivity index (χ4v) is 3.35. The second kappa shape index (κ2) is 6.12. The summed E-state index contributed by atoms with van der Waals surface area (Å²) in [6, 6.07) is 13.7. The molecule has 0 spiro atoms. The largest absolute Gasteiger partial charge is 0.347 e. The lowest BCUT2D eigenvalue weighted by Gasteiger charge is -2.25. The van der Waals surface area contributed by atoms with Gasteiger partial charge in [-0.3, -0.25) is 4.79 Å². The molecule has 4 rings (SSSR count). The molecule has 1 amide bonds. The number of para-hydroxylation sites is 2. The van der Waals surface area contributed by atoms with Crippen molar-refractivity contribution in [3.63, 3.8) is 0 Å². The third kappa shape index (κ3) is 2.59. The van der Waals surface area contributed by atoms with E-state index in [1.54, 1.807) is 18.2 Å². The molecule has 1 atom stereocenters. The lowest BCUT2D eigenvalue weighted by atomic mass is 10.2. The van der Waals surface area contributed by atoms with E-state index in [0.29, 0.717) is 24.5 Å². The number of aromatic nitrogens is 2. The highest BCUT2D eigenvalue weighted by molar-refractivity contribution is 6.02. The van der Waals surface area contributed by atoms with E-state index < -0.39 is 0 Å². The third-order valence-corrected chi connectivity index (χ3v) is 4.64. The summed E-state index contributed by atoms with van der Waals surface area (Å²) in [5, 5.41) is 0.893. The van der Waals surface area contributed by atoms with Gasteiger partial charge in [0.05, 0.1) is 11.2 Å². The molecule has 5 nitrogen and oxygen atoms in total. The van der Waals surface area contributed by atoms with Crippen LogP contribution in [-0.2, 0) is 4.79 Å². The summed E-state index contributed by atoms with van der Waals surface area (Å²) in [4.78, 5) is 24.9. The summed E-state index contributed by atoms with van der Waals surface area (Å²) in [7, 11) is 1.85. The molecule has 1 unspecified atom stereocenters. The molecule has 0 bridgehead atoms. The highest BCUT2D eigenvalue weighted by atomic mass is 19.1. The van der Waals surface area contributed by atoms with Crippen molar-refractivity contribution in [3.05, 3.63) is 60.7 Å². The molecule has 0 aliphatic carbocycles. The second-order valence-electron chi connectivity index (χ2n) is 6.07. The molecule has 6 heteroatoms. The van der Waals surface area contributed by atoms with Crippen LogP contribution in [0.25, 0.3) is 10.9 Å². The number of carbonyl (C=O) groups is 1. The molecule has 25 heavy (non-hydrogen) atoms. The van der Waals surface area contributed by atoms with Crippen molar-refractivity contribution in [1.82, 2.24) is 9.97 Å². The number of benzene rings is 2. The van der Waals surface area contributed by atoms with Gasteiger partial charge < -0.3 is 9.80 Å². The van der Waals surface area contributed by atoms with E-state index in [2.05, 4.69) is 9.97 Å². The number of carbonyl (C=O) groups excluding carboxylic acids is 1. The first-order chi connectivity index (χ1) is 12.2. The van der Waals surface area contributed by atoms with Crippen LogP contribution in [0, 0.1) is 5.82 Å². The van der Waals surface area contributed by atoms with E-state index in [1.807, 2.05) is 36.2 Å². The van der Waals surface area contributed by atoms with Crippen molar-refractivity contribution in [2.75, 3.05) is 23.4 Å². The SMILES string of the molecule is CN(c1ncnc2ccccc12)C1CCN(c2ccccc2F)C1=O. The van der Waals surface area contributed by atoms with Crippen LogP contribution < -0.4 is 9.80 Å². The maximum absolute atomic E-state index is 14.0. The molecule has 1 aromatic heterocycles. The molecule has 0 radical (unpaired) electrons.